The number of ether oxygens (including phenoxy) is 1. The number of aliphatic imine (C=N–C) groups is 1. The molecule has 0 saturated carbocycles. The van der Waals surface area contributed by atoms with E-state index < -0.39 is 12.4 Å². The van der Waals surface area contributed by atoms with E-state index in [4.69, 9.17) is 0 Å². The van der Waals surface area contributed by atoms with Crippen LogP contribution < -0.4 is 15.0 Å². The summed E-state index contributed by atoms with van der Waals surface area (Å²) in [6, 6.07) is 20.5. The van der Waals surface area contributed by atoms with Crippen LogP contribution in [0.4, 0.5) is 23.7 Å². The average Bonchev–Trinajstić information content (AvgIpc) is 3.48. The maximum Gasteiger partial charge on any atom is 0.573 e. The van der Waals surface area contributed by atoms with Crippen LogP contribution in [-0.2, 0) is 0 Å². The number of hydrogen-bond donors (Lipinski definition) is 1. The highest BCUT2D eigenvalue weighted by Gasteiger charge is 2.31. The number of amidine groups is 1. The van der Waals surface area contributed by atoms with Gasteiger partial charge in [0.2, 0.25) is 0 Å². The molecule has 222 valence electrons. The van der Waals surface area contributed by atoms with Crippen molar-refractivity contribution in [3.63, 3.8) is 0 Å². The fourth-order valence-corrected chi connectivity index (χ4v) is 5.44. The lowest BCUT2D eigenvalue weighted by molar-refractivity contribution is -0.274. The molecule has 1 aromatic heterocycles. The van der Waals surface area contributed by atoms with Crippen molar-refractivity contribution in [2.45, 2.75) is 32.5 Å². The minimum Gasteiger partial charge on any atom is -0.406 e. The molecule has 2 heterocycles. The van der Waals surface area contributed by atoms with Crippen LogP contribution in [0.25, 0.3) is 23.2 Å². The number of para-hydroxylation sites is 1. The third-order valence-corrected chi connectivity index (χ3v) is 7.58. The summed E-state index contributed by atoms with van der Waals surface area (Å²) in [4.78, 5) is 23.5. The second-order valence-electron chi connectivity index (χ2n) is 9.92. The molecule has 1 aliphatic heterocycles. The number of amides is 2. The van der Waals surface area contributed by atoms with E-state index in [1.807, 2.05) is 36.4 Å². The number of nitrogens with zero attached hydrogens (tertiary/aromatic N) is 5. The summed E-state index contributed by atoms with van der Waals surface area (Å²) in [5.41, 5.74) is 4.43. The molecule has 1 saturated heterocycles. The standard InChI is InChI=1S/C31H29F3N6O2S/c1-21(2)26-6-3-4-7-27(26)39-18-5-19-43-30(39)37-29(41)35-17-16-22-8-10-23(11-9-22)28-36-20-40(38-28)24-12-14-25(15-13-24)42-31(32,33)34/h3-4,6-17,20-21H,5,18-19H2,1-2H3,(H,35,41)/b17-16+,37-30-. The number of aromatic nitrogens is 3. The van der Waals surface area contributed by atoms with Crippen molar-refractivity contribution in [1.82, 2.24) is 20.1 Å². The summed E-state index contributed by atoms with van der Waals surface area (Å²) in [6.07, 6.45) is 1.06. The van der Waals surface area contributed by atoms with Gasteiger partial charge in [0.25, 0.3) is 0 Å². The predicted molar refractivity (Wildman–Crippen MR) is 163 cm³/mol. The summed E-state index contributed by atoms with van der Waals surface area (Å²) in [7, 11) is 0. The average molecular weight is 607 g/mol. The zero-order chi connectivity index (χ0) is 30.4. The van der Waals surface area contributed by atoms with Crippen molar-refractivity contribution in [3.05, 3.63) is 96.5 Å². The number of nitrogens with one attached hydrogen (secondary N) is 1. The first-order valence-corrected chi connectivity index (χ1v) is 14.6. The molecule has 1 aliphatic rings. The largest absolute Gasteiger partial charge is 0.573 e. The van der Waals surface area contributed by atoms with Gasteiger partial charge in [-0.2, -0.15) is 4.99 Å². The van der Waals surface area contributed by atoms with Crippen molar-refractivity contribution in [2.24, 2.45) is 4.99 Å². The molecule has 0 spiro atoms. The number of thioether (sulfide) groups is 1. The fraction of sp³-hybridized carbons (Fsp3) is 0.226. The number of carbonyl (C=O) groups is 1. The summed E-state index contributed by atoms with van der Waals surface area (Å²) >= 11 is 1.58. The van der Waals surface area contributed by atoms with Crippen LogP contribution in [0.3, 0.4) is 0 Å². The Hall–Kier alpha value is -4.58. The maximum absolute atomic E-state index is 12.7. The zero-order valence-corrected chi connectivity index (χ0v) is 24.3. The molecular weight excluding hydrogens is 577 g/mol. The van der Waals surface area contributed by atoms with Crippen LogP contribution in [0.2, 0.25) is 0 Å². The molecule has 1 N–H and O–H groups in total. The van der Waals surface area contributed by atoms with Crippen LogP contribution in [0, 0.1) is 0 Å². The molecule has 4 aromatic rings. The lowest BCUT2D eigenvalue weighted by Gasteiger charge is -2.31. The van der Waals surface area contributed by atoms with E-state index >= 15 is 0 Å². The maximum atomic E-state index is 12.7. The molecule has 12 heteroatoms. The molecule has 5 rings (SSSR count). The predicted octanol–water partition coefficient (Wildman–Crippen LogP) is 7.64. The van der Waals surface area contributed by atoms with Gasteiger partial charge in [0.1, 0.15) is 12.1 Å². The first kappa shape index (κ1) is 29.9. The molecule has 1 fully saturated rings. The summed E-state index contributed by atoms with van der Waals surface area (Å²) in [5.74, 6) is 1.39. The van der Waals surface area contributed by atoms with E-state index in [0.29, 0.717) is 22.6 Å². The molecule has 8 nitrogen and oxygen atoms in total. The quantitative estimate of drug-likeness (QED) is 0.233. The minimum atomic E-state index is -4.75. The smallest absolute Gasteiger partial charge is 0.406 e. The highest BCUT2D eigenvalue weighted by atomic mass is 32.2. The van der Waals surface area contributed by atoms with Gasteiger partial charge in [0, 0.05) is 29.7 Å². The van der Waals surface area contributed by atoms with Crippen molar-refractivity contribution >= 4 is 34.7 Å². The molecule has 0 unspecified atom stereocenters. The number of urea groups is 1. The molecule has 3 aromatic carbocycles. The molecular formula is C31H29F3N6O2S. The van der Waals surface area contributed by atoms with Gasteiger partial charge in [-0.3, -0.25) is 0 Å². The number of hydrogen-bond acceptors (Lipinski definition) is 5. The van der Waals surface area contributed by atoms with Crippen molar-refractivity contribution < 1.29 is 22.7 Å². The van der Waals surface area contributed by atoms with E-state index in [0.717, 1.165) is 35.5 Å². The second kappa shape index (κ2) is 13.2. The lowest BCUT2D eigenvalue weighted by Crippen LogP contribution is -2.36. The van der Waals surface area contributed by atoms with Crippen molar-refractivity contribution in [1.29, 1.82) is 0 Å². The molecule has 0 atom stereocenters. The van der Waals surface area contributed by atoms with Crippen LogP contribution in [0.5, 0.6) is 5.75 Å². The normalized spacial score (nSPS) is 14.9. The Morgan fingerprint density at radius 2 is 1.81 bits per heavy atom. The summed E-state index contributed by atoms with van der Waals surface area (Å²) in [6.45, 7) is 5.12. The lowest BCUT2D eigenvalue weighted by atomic mass is 10.0. The van der Waals surface area contributed by atoms with Crippen LogP contribution in [-0.4, -0.2) is 44.6 Å². The number of alkyl halides is 3. The Morgan fingerprint density at radius 1 is 1.07 bits per heavy atom. The Balaban J connectivity index is 1.20. The number of benzene rings is 3. The van der Waals surface area contributed by atoms with Crippen LogP contribution in [0.15, 0.2) is 90.3 Å². The topological polar surface area (TPSA) is 84.6 Å². The van der Waals surface area contributed by atoms with E-state index in [-0.39, 0.29) is 5.75 Å². The van der Waals surface area contributed by atoms with Crippen molar-refractivity contribution in [2.75, 3.05) is 17.2 Å². The Morgan fingerprint density at radius 3 is 2.53 bits per heavy atom. The van der Waals surface area contributed by atoms with E-state index in [1.165, 1.54) is 40.8 Å². The van der Waals surface area contributed by atoms with Gasteiger partial charge in [-0.1, -0.05) is 68.1 Å². The van der Waals surface area contributed by atoms with Gasteiger partial charge in [0.05, 0.1) is 5.69 Å². The van der Waals surface area contributed by atoms with Crippen LogP contribution >= 0.6 is 11.8 Å². The first-order chi connectivity index (χ1) is 20.7. The van der Waals surface area contributed by atoms with E-state index in [2.05, 4.69) is 56.0 Å². The first-order valence-electron chi connectivity index (χ1n) is 13.6. The molecule has 0 bridgehead atoms. The SMILES string of the molecule is CC(C)c1ccccc1N1CCCS/C1=N\C(=O)N/C=C/c1ccc(-c2ncn(-c3ccc(OC(F)(F)F)cc3)n2)cc1. The van der Waals surface area contributed by atoms with Gasteiger partial charge < -0.3 is 15.0 Å². The van der Waals surface area contributed by atoms with Crippen molar-refractivity contribution in [3.8, 4) is 22.8 Å². The highest BCUT2D eigenvalue weighted by Crippen LogP contribution is 2.32. The molecule has 2 amide bonds. The zero-order valence-electron chi connectivity index (χ0n) is 23.5. The van der Waals surface area contributed by atoms with Gasteiger partial charge in [0.15, 0.2) is 11.0 Å². The number of carbonyl (C=O) groups excluding carboxylic acids is 1. The molecule has 0 aliphatic carbocycles. The van der Waals surface area contributed by atoms with Gasteiger partial charge in [-0.25, -0.2) is 14.5 Å². The second-order valence-corrected chi connectivity index (χ2v) is 11.0. The fourth-order valence-electron chi connectivity index (χ4n) is 4.49. The summed E-state index contributed by atoms with van der Waals surface area (Å²) in [5, 5.41) is 7.83. The summed E-state index contributed by atoms with van der Waals surface area (Å²) < 4.78 is 42.5. The Bertz CT molecular complexity index is 1620. The Kier molecular flexibility index (Phi) is 9.15. The van der Waals surface area contributed by atoms with Gasteiger partial charge in [-0.05, 0) is 59.9 Å². The highest BCUT2D eigenvalue weighted by molar-refractivity contribution is 8.14. The monoisotopic (exact) mass is 606 g/mol. The number of anilines is 1. The van der Waals surface area contributed by atoms with Gasteiger partial charge in [-0.15, -0.1) is 18.3 Å². The third kappa shape index (κ3) is 7.83. The number of halogens is 3. The van der Waals surface area contributed by atoms with E-state index in [9.17, 15) is 18.0 Å². The minimum absolute atomic E-state index is 0.314. The Labute approximate surface area is 251 Å². The van der Waals surface area contributed by atoms with E-state index in [1.54, 1.807) is 24.0 Å². The van der Waals surface area contributed by atoms with Gasteiger partial charge >= 0.3 is 12.4 Å². The third-order valence-electron chi connectivity index (χ3n) is 6.51. The number of rotatable bonds is 7. The molecule has 0 radical (unpaired) electrons. The molecule has 43 heavy (non-hydrogen) atoms. The van der Waals surface area contributed by atoms with Crippen LogP contribution in [0.1, 0.15) is 37.3 Å².